The summed E-state index contributed by atoms with van der Waals surface area (Å²) in [6.45, 7) is 6.54. The van der Waals surface area contributed by atoms with Gasteiger partial charge in [-0.05, 0) is 39.0 Å². The van der Waals surface area contributed by atoms with Crippen molar-refractivity contribution in [2.75, 3.05) is 24.6 Å². The summed E-state index contributed by atoms with van der Waals surface area (Å²) < 4.78 is 0. The minimum atomic E-state index is 0.0824. The number of fused-ring (bicyclic) bond motifs is 1. The summed E-state index contributed by atoms with van der Waals surface area (Å²) >= 11 is 2.01. The minimum absolute atomic E-state index is 0.0824. The first-order valence-corrected chi connectivity index (χ1v) is 9.48. The summed E-state index contributed by atoms with van der Waals surface area (Å²) in [5, 5.41) is 0. The number of carbonyl (C=O) groups excluding carboxylic acids is 1. The maximum atomic E-state index is 13.0. The fourth-order valence-corrected chi connectivity index (χ4v) is 5.36. The number of amides is 1. The molecule has 0 aromatic heterocycles. The standard InChI is InChI=1S/C16H28N2OS/c1-12-11-14-5-3-4-6-15(14)18(12)16(19)13(2)17-7-9-20-10-8-17/h12-15H,3-11H2,1-2H3. The van der Waals surface area contributed by atoms with Crippen molar-refractivity contribution < 1.29 is 4.79 Å². The van der Waals surface area contributed by atoms with Crippen LogP contribution in [0.3, 0.4) is 0 Å². The molecule has 2 heterocycles. The zero-order chi connectivity index (χ0) is 14.1. The van der Waals surface area contributed by atoms with Crippen molar-refractivity contribution >= 4 is 17.7 Å². The van der Waals surface area contributed by atoms with E-state index in [1.54, 1.807) is 0 Å². The molecule has 1 saturated carbocycles. The number of likely N-dealkylation sites (tertiary alicyclic amines) is 1. The topological polar surface area (TPSA) is 23.6 Å². The molecule has 0 aromatic rings. The first kappa shape index (κ1) is 14.7. The Bertz CT molecular complexity index is 356. The molecule has 20 heavy (non-hydrogen) atoms. The monoisotopic (exact) mass is 296 g/mol. The molecule has 0 aromatic carbocycles. The van der Waals surface area contributed by atoms with E-state index in [1.807, 2.05) is 11.8 Å². The summed E-state index contributed by atoms with van der Waals surface area (Å²) in [6, 6.07) is 1.09. The Labute approximate surface area is 127 Å². The zero-order valence-electron chi connectivity index (χ0n) is 12.9. The van der Waals surface area contributed by atoms with Gasteiger partial charge in [-0.25, -0.2) is 0 Å². The van der Waals surface area contributed by atoms with Gasteiger partial charge in [0.15, 0.2) is 0 Å². The molecule has 4 heteroatoms. The third-order valence-corrected chi connectivity index (χ3v) is 6.49. The molecule has 2 saturated heterocycles. The van der Waals surface area contributed by atoms with Crippen LogP contribution in [0.1, 0.15) is 46.0 Å². The SMILES string of the molecule is CC(C(=O)N1C(C)CC2CCCCC21)N1CCSCC1. The van der Waals surface area contributed by atoms with Gasteiger partial charge in [-0.2, -0.15) is 11.8 Å². The van der Waals surface area contributed by atoms with Crippen molar-refractivity contribution in [1.29, 1.82) is 0 Å². The van der Waals surface area contributed by atoms with Gasteiger partial charge in [-0.15, -0.1) is 0 Å². The van der Waals surface area contributed by atoms with E-state index in [4.69, 9.17) is 0 Å². The van der Waals surface area contributed by atoms with Crippen LogP contribution in [0.5, 0.6) is 0 Å². The maximum absolute atomic E-state index is 13.0. The van der Waals surface area contributed by atoms with Gasteiger partial charge in [0, 0.05) is 36.7 Å². The van der Waals surface area contributed by atoms with E-state index in [1.165, 1.54) is 43.6 Å². The third kappa shape index (κ3) is 2.74. The van der Waals surface area contributed by atoms with Gasteiger partial charge < -0.3 is 4.90 Å². The molecule has 1 aliphatic carbocycles. The molecule has 0 bridgehead atoms. The Hall–Kier alpha value is -0.220. The molecule has 3 aliphatic rings. The van der Waals surface area contributed by atoms with Crippen LogP contribution < -0.4 is 0 Å². The second-order valence-corrected chi connectivity index (χ2v) is 7.99. The molecule has 3 rings (SSSR count). The summed E-state index contributed by atoms with van der Waals surface area (Å²) in [4.78, 5) is 17.7. The largest absolute Gasteiger partial charge is 0.335 e. The fourth-order valence-electron chi connectivity index (χ4n) is 4.43. The molecule has 0 spiro atoms. The third-order valence-electron chi connectivity index (χ3n) is 5.55. The zero-order valence-corrected chi connectivity index (χ0v) is 13.7. The summed E-state index contributed by atoms with van der Waals surface area (Å²) in [5.74, 6) is 3.55. The van der Waals surface area contributed by atoms with Crippen LogP contribution in [0.2, 0.25) is 0 Å². The van der Waals surface area contributed by atoms with Gasteiger partial charge in [0.05, 0.1) is 6.04 Å². The maximum Gasteiger partial charge on any atom is 0.240 e. The van der Waals surface area contributed by atoms with Gasteiger partial charge in [0.1, 0.15) is 0 Å². The Balaban J connectivity index is 1.68. The van der Waals surface area contributed by atoms with Crippen LogP contribution in [-0.2, 0) is 4.79 Å². The van der Waals surface area contributed by atoms with E-state index < -0.39 is 0 Å². The summed E-state index contributed by atoms with van der Waals surface area (Å²) in [6.07, 6.45) is 6.50. The van der Waals surface area contributed by atoms with Gasteiger partial charge in [0.25, 0.3) is 0 Å². The lowest BCUT2D eigenvalue weighted by Crippen LogP contribution is -2.53. The number of carbonyl (C=O) groups is 1. The molecule has 2 aliphatic heterocycles. The van der Waals surface area contributed by atoms with Crippen LogP contribution in [0.25, 0.3) is 0 Å². The fraction of sp³-hybridized carbons (Fsp3) is 0.938. The molecule has 4 atom stereocenters. The van der Waals surface area contributed by atoms with E-state index in [2.05, 4.69) is 23.6 Å². The molecule has 3 nitrogen and oxygen atoms in total. The average molecular weight is 296 g/mol. The van der Waals surface area contributed by atoms with Crippen LogP contribution in [0, 0.1) is 5.92 Å². The van der Waals surface area contributed by atoms with Crippen molar-refractivity contribution in [2.24, 2.45) is 5.92 Å². The van der Waals surface area contributed by atoms with E-state index in [0.717, 1.165) is 19.0 Å². The van der Waals surface area contributed by atoms with Crippen LogP contribution >= 0.6 is 11.8 Å². The molecular weight excluding hydrogens is 268 g/mol. The normalized spacial score (nSPS) is 36.7. The molecule has 0 N–H and O–H groups in total. The molecular formula is C16H28N2OS. The molecule has 4 unspecified atom stereocenters. The van der Waals surface area contributed by atoms with Crippen molar-refractivity contribution in [3.05, 3.63) is 0 Å². The van der Waals surface area contributed by atoms with Crippen molar-refractivity contribution in [3.8, 4) is 0 Å². The first-order valence-electron chi connectivity index (χ1n) is 8.32. The predicted octanol–water partition coefficient (Wildman–Crippen LogP) is 2.60. The van der Waals surface area contributed by atoms with Gasteiger partial charge in [-0.3, -0.25) is 9.69 Å². The number of hydrogen-bond donors (Lipinski definition) is 0. The second-order valence-electron chi connectivity index (χ2n) is 6.77. The lowest BCUT2D eigenvalue weighted by molar-refractivity contribution is -0.139. The number of nitrogens with zero attached hydrogens (tertiary/aromatic N) is 2. The molecule has 1 amide bonds. The van der Waals surface area contributed by atoms with Gasteiger partial charge >= 0.3 is 0 Å². The number of thioether (sulfide) groups is 1. The number of hydrogen-bond acceptors (Lipinski definition) is 3. The van der Waals surface area contributed by atoms with Crippen LogP contribution in [0.4, 0.5) is 0 Å². The highest BCUT2D eigenvalue weighted by molar-refractivity contribution is 7.99. The summed E-state index contributed by atoms with van der Waals surface area (Å²) in [5.41, 5.74) is 0. The molecule has 0 radical (unpaired) electrons. The van der Waals surface area contributed by atoms with Crippen molar-refractivity contribution in [1.82, 2.24) is 9.80 Å². The Morgan fingerprint density at radius 3 is 2.65 bits per heavy atom. The molecule has 3 fully saturated rings. The number of rotatable bonds is 2. The van der Waals surface area contributed by atoms with Crippen LogP contribution in [0.15, 0.2) is 0 Å². The highest BCUT2D eigenvalue weighted by atomic mass is 32.2. The van der Waals surface area contributed by atoms with Crippen molar-refractivity contribution in [3.63, 3.8) is 0 Å². The average Bonchev–Trinajstić information content (AvgIpc) is 2.82. The second kappa shape index (κ2) is 6.27. The lowest BCUT2D eigenvalue weighted by atomic mass is 9.85. The molecule has 114 valence electrons. The van der Waals surface area contributed by atoms with Gasteiger partial charge in [-0.1, -0.05) is 12.8 Å². The Kier molecular flexibility index (Phi) is 4.61. The van der Waals surface area contributed by atoms with Crippen molar-refractivity contribution in [2.45, 2.75) is 64.1 Å². The quantitative estimate of drug-likeness (QED) is 0.782. The van der Waals surface area contributed by atoms with E-state index in [9.17, 15) is 4.79 Å². The minimum Gasteiger partial charge on any atom is -0.335 e. The van der Waals surface area contributed by atoms with Crippen LogP contribution in [-0.4, -0.2) is 58.4 Å². The van der Waals surface area contributed by atoms with E-state index >= 15 is 0 Å². The lowest BCUT2D eigenvalue weighted by Gasteiger charge is -2.38. The predicted molar refractivity (Wildman–Crippen MR) is 85.0 cm³/mol. The van der Waals surface area contributed by atoms with E-state index in [0.29, 0.717) is 18.0 Å². The Morgan fingerprint density at radius 2 is 1.90 bits per heavy atom. The Morgan fingerprint density at radius 1 is 1.20 bits per heavy atom. The first-order chi connectivity index (χ1) is 9.68. The van der Waals surface area contributed by atoms with Gasteiger partial charge in [0.2, 0.25) is 5.91 Å². The summed E-state index contributed by atoms with van der Waals surface area (Å²) in [7, 11) is 0. The van der Waals surface area contributed by atoms with E-state index in [-0.39, 0.29) is 6.04 Å². The highest BCUT2D eigenvalue weighted by Crippen LogP contribution is 2.40. The highest BCUT2D eigenvalue weighted by Gasteiger charge is 2.44. The smallest absolute Gasteiger partial charge is 0.240 e.